The van der Waals surface area contributed by atoms with Crippen molar-refractivity contribution in [2.45, 2.75) is 38.1 Å². The molecule has 13 heavy (non-hydrogen) atoms. The number of likely N-dealkylation sites (tertiary alicyclic amines) is 1. The third kappa shape index (κ3) is 1.62. The summed E-state index contributed by atoms with van der Waals surface area (Å²) in [6, 6.07) is 0.814. The van der Waals surface area contributed by atoms with E-state index < -0.39 is 0 Å². The van der Waals surface area contributed by atoms with E-state index in [-0.39, 0.29) is 0 Å². The van der Waals surface area contributed by atoms with Gasteiger partial charge in [0.25, 0.3) is 0 Å². The van der Waals surface area contributed by atoms with E-state index in [1.165, 1.54) is 58.3 Å². The molecule has 1 atom stereocenters. The summed E-state index contributed by atoms with van der Waals surface area (Å²) in [7, 11) is 0. The molecule has 3 aliphatic rings. The Balaban J connectivity index is 1.50. The lowest BCUT2D eigenvalue weighted by Gasteiger charge is -2.20. The molecule has 74 valence electrons. The second-order valence-electron chi connectivity index (χ2n) is 5.28. The van der Waals surface area contributed by atoms with Gasteiger partial charge in [0.1, 0.15) is 0 Å². The third-order valence-electron chi connectivity index (χ3n) is 4.12. The largest absolute Gasteiger partial charge is 0.313 e. The van der Waals surface area contributed by atoms with Gasteiger partial charge < -0.3 is 10.2 Å². The molecule has 0 radical (unpaired) electrons. The van der Waals surface area contributed by atoms with E-state index in [0.29, 0.717) is 0 Å². The summed E-state index contributed by atoms with van der Waals surface area (Å²) < 4.78 is 0. The zero-order valence-electron chi connectivity index (χ0n) is 8.39. The minimum absolute atomic E-state index is 0.814. The van der Waals surface area contributed by atoms with Crippen molar-refractivity contribution in [2.75, 3.05) is 26.2 Å². The highest BCUT2D eigenvalue weighted by atomic mass is 15.2. The fraction of sp³-hybridized carbons (Fsp3) is 1.00. The van der Waals surface area contributed by atoms with E-state index in [9.17, 15) is 0 Å². The molecule has 0 bridgehead atoms. The van der Waals surface area contributed by atoms with Crippen molar-refractivity contribution in [1.29, 1.82) is 0 Å². The second-order valence-corrected chi connectivity index (χ2v) is 5.28. The SMILES string of the molecule is C1CN[C@@H](CN2CCC3(CC3)C2)C1. The second kappa shape index (κ2) is 2.96. The molecule has 1 saturated carbocycles. The van der Waals surface area contributed by atoms with Gasteiger partial charge in [-0.1, -0.05) is 0 Å². The van der Waals surface area contributed by atoms with Crippen molar-refractivity contribution < 1.29 is 0 Å². The molecule has 2 heterocycles. The molecule has 3 fully saturated rings. The van der Waals surface area contributed by atoms with Crippen LogP contribution in [-0.4, -0.2) is 37.1 Å². The van der Waals surface area contributed by atoms with Crippen LogP contribution in [0, 0.1) is 5.41 Å². The highest BCUT2D eigenvalue weighted by Gasteiger charge is 2.47. The van der Waals surface area contributed by atoms with E-state index in [2.05, 4.69) is 10.2 Å². The minimum atomic E-state index is 0.814. The molecular weight excluding hydrogens is 160 g/mol. The maximum atomic E-state index is 3.59. The van der Waals surface area contributed by atoms with E-state index in [4.69, 9.17) is 0 Å². The lowest BCUT2D eigenvalue weighted by Crippen LogP contribution is -2.36. The van der Waals surface area contributed by atoms with Crippen LogP contribution in [0.25, 0.3) is 0 Å². The van der Waals surface area contributed by atoms with E-state index in [0.717, 1.165) is 11.5 Å². The molecule has 0 aromatic carbocycles. The van der Waals surface area contributed by atoms with Gasteiger partial charge in [-0.05, 0) is 50.6 Å². The summed E-state index contributed by atoms with van der Waals surface area (Å²) in [5.41, 5.74) is 0.818. The smallest absolute Gasteiger partial charge is 0.0195 e. The van der Waals surface area contributed by atoms with Crippen LogP contribution in [0.2, 0.25) is 0 Å². The Hall–Kier alpha value is -0.0800. The molecular formula is C11H20N2. The van der Waals surface area contributed by atoms with Gasteiger partial charge in [-0.2, -0.15) is 0 Å². The quantitative estimate of drug-likeness (QED) is 0.687. The lowest BCUT2D eigenvalue weighted by molar-refractivity contribution is 0.288. The standard InChI is InChI=1S/C11H20N2/c1-2-10(12-6-1)8-13-7-5-11(9-13)3-4-11/h10,12H,1-9H2/t10-/m1/s1. The fourth-order valence-corrected chi connectivity index (χ4v) is 2.99. The van der Waals surface area contributed by atoms with E-state index in [1.807, 2.05) is 0 Å². The maximum absolute atomic E-state index is 3.59. The molecule has 2 saturated heterocycles. The van der Waals surface area contributed by atoms with Gasteiger partial charge in [-0.15, -0.1) is 0 Å². The van der Waals surface area contributed by atoms with Crippen molar-refractivity contribution in [3.63, 3.8) is 0 Å². The number of rotatable bonds is 2. The van der Waals surface area contributed by atoms with Gasteiger partial charge in [-0.3, -0.25) is 0 Å². The summed E-state index contributed by atoms with van der Waals surface area (Å²) in [6.45, 7) is 5.36. The molecule has 1 N–H and O–H groups in total. The van der Waals surface area contributed by atoms with Gasteiger partial charge in [0, 0.05) is 19.1 Å². The molecule has 1 aliphatic carbocycles. The summed E-state index contributed by atoms with van der Waals surface area (Å²) >= 11 is 0. The van der Waals surface area contributed by atoms with Gasteiger partial charge in [0.15, 0.2) is 0 Å². The van der Waals surface area contributed by atoms with Gasteiger partial charge >= 0.3 is 0 Å². The first kappa shape index (κ1) is 8.25. The highest BCUT2D eigenvalue weighted by Crippen LogP contribution is 2.52. The molecule has 2 nitrogen and oxygen atoms in total. The predicted molar refractivity (Wildman–Crippen MR) is 53.7 cm³/mol. The minimum Gasteiger partial charge on any atom is -0.313 e. The van der Waals surface area contributed by atoms with Gasteiger partial charge in [-0.25, -0.2) is 0 Å². The zero-order chi connectivity index (χ0) is 8.73. The first-order valence-corrected chi connectivity index (χ1v) is 5.82. The maximum Gasteiger partial charge on any atom is 0.0195 e. The van der Waals surface area contributed by atoms with Crippen LogP contribution >= 0.6 is 0 Å². The molecule has 0 aromatic heterocycles. The molecule has 0 amide bonds. The number of hydrogen-bond acceptors (Lipinski definition) is 2. The summed E-state index contributed by atoms with van der Waals surface area (Å²) in [4.78, 5) is 2.69. The average molecular weight is 180 g/mol. The van der Waals surface area contributed by atoms with Crippen molar-refractivity contribution in [3.05, 3.63) is 0 Å². The molecule has 2 aliphatic heterocycles. The number of nitrogens with zero attached hydrogens (tertiary/aromatic N) is 1. The molecule has 0 aromatic rings. The van der Waals surface area contributed by atoms with Crippen LogP contribution in [-0.2, 0) is 0 Å². The Morgan fingerprint density at radius 1 is 1.31 bits per heavy atom. The lowest BCUT2D eigenvalue weighted by atomic mass is 10.1. The van der Waals surface area contributed by atoms with Crippen LogP contribution in [0.1, 0.15) is 32.1 Å². The molecule has 2 heteroatoms. The van der Waals surface area contributed by atoms with Gasteiger partial charge in [0.2, 0.25) is 0 Å². The molecule has 3 rings (SSSR count). The van der Waals surface area contributed by atoms with Crippen molar-refractivity contribution in [1.82, 2.24) is 10.2 Å². The van der Waals surface area contributed by atoms with E-state index >= 15 is 0 Å². The van der Waals surface area contributed by atoms with Crippen LogP contribution in [0.5, 0.6) is 0 Å². The Labute approximate surface area is 80.7 Å². The zero-order valence-corrected chi connectivity index (χ0v) is 8.39. The predicted octanol–water partition coefficient (Wildman–Crippen LogP) is 1.22. The summed E-state index contributed by atoms with van der Waals surface area (Å²) in [5, 5.41) is 3.59. The first-order valence-electron chi connectivity index (χ1n) is 5.82. The highest BCUT2D eigenvalue weighted by molar-refractivity contribution is 5.01. The van der Waals surface area contributed by atoms with Crippen molar-refractivity contribution in [3.8, 4) is 0 Å². The Bertz CT molecular complexity index is 192. The normalized spacial score (nSPS) is 37.4. The van der Waals surface area contributed by atoms with Crippen molar-refractivity contribution in [2.24, 2.45) is 5.41 Å². The number of nitrogens with one attached hydrogen (secondary N) is 1. The fourth-order valence-electron chi connectivity index (χ4n) is 2.99. The van der Waals surface area contributed by atoms with Crippen LogP contribution < -0.4 is 5.32 Å². The van der Waals surface area contributed by atoms with Crippen LogP contribution in [0.15, 0.2) is 0 Å². The Morgan fingerprint density at radius 3 is 2.85 bits per heavy atom. The van der Waals surface area contributed by atoms with Crippen molar-refractivity contribution >= 4 is 0 Å². The summed E-state index contributed by atoms with van der Waals surface area (Å²) in [6.07, 6.45) is 7.32. The number of hydrogen-bond donors (Lipinski definition) is 1. The topological polar surface area (TPSA) is 15.3 Å². The Kier molecular flexibility index (Phi) is 1.88. The summed E-state index contributed by atoms with van der Waals surface area (Å²) in [5.74, 6) is 0. The molecule has 0 unspecified atom stereocenters. The molecule has 1 spiro atoms. The van der Waals surface area contributed by atoms with Crippen LogP contribution in [0.4, 0.5) is 0 Å². The first-order chi connectivity index (χ1) is 6.36. The monoisotopic (exact) mass is 180 g/mol. The average Bonchev–Trinajstić information content (AvgIpc) is 2.58. The van der Waals surface area contributed by atoms with E-state index in [1.54, 1.807) is 0 Å². The van der Waals surface area contributed by atoms with Crippen LogP contribution in [0.3, 0.4) is 0 Å². The third-order valence-corrected chi connectivity index (χ3v) is 4.12. The Morgan fingerprint density at radius 2 is 2.23 bits per heavy atom. The van der Waals surface area contributed by atoms with Gasteiger partial charge in [0.05, 0.1) is 0 Å².